The van der Waals surface area contributed by atoms with Crippen LogP contribution >= 0.6 is 12.2 Å². The van der Waals surface area contributed by atoms with Crippen LogP contribution < -0.4 is 10.6 Å². The molecular weight excluding hydrogens is 302 g/mol. The van der Waals surface area contributed by atoms with Crippen molar-refractivity contribution in [1.29, 1.82) is 0 Å². The number of hydrogen-bond acceptors (Lipinski definition) is 4. The van der Waals surface area contributed by atoms with Crippen molar-refractivity contribution in [2.24, 2.45) is 0 Å². The molecule has 1 amide bonds. The summed E-state index contributed by atoms with van der Waals surface area (Å²) in [6, 6.07) is 8.87. The molecular formula is C15H20N3O3S. The zero-order chi connectivity index (χ0) is 16.5. The number of amides is 1. The third-order valence-corrected chi connectivity index (χ3v) is 3.29. The van der Waals surface area contributed by atoms with Gasteiger partial charge in [0, 0.05) is 5.56 Å². The zero-order valence-electron chi connectivity index (χ0n) is 12.6. The maximum absolute atomic E-state index is 12.3. The zero-order valence-corrected chi connectivity index (χ0v) is 13.4. The van der Waals surface area contributed by atoms with Gasteiger partial charge in [-0.2, -0.15) is 0 Å². The molecule has 0 heterocycles. The fourth-order valence-corrected chi connectivity index (χ4v) is 2.17. The molecule has 0 aromatic heterocycles. The Morgan fingerprint density at radius 1 is 1.27 bits per heavy atom. The van der Waals surface area contributed by atoms with Crippen LogP contribution in [-0.4, -0.2) is 46.3 Å². The van der Waals surface area contributed by atoms with Gasteiger partial charge in [0.05, 0.1) is 12.6 Å². The first kappa shape index (κ1) is 18.1. The summed E-state index contributed by atoms with van der Waals surface area (Å²) in [5.41, 5.74) is 0.568. The van der Waals surface area contributed by atoms with E-state index in [2.05, 4.69) is 10.6 Å². The molecule has 1 unspecified atom stereocenters. The van der Waals surface area contributed by atoms with Crippen LogP contribution in [-0.2, 0) is 0 Å². The molecule has 3 N–H and O–H groups in total. The molecule has 1 rings (SSSR count). The Bertz CT molecular complexity index is 518. The topological polar surface area (TPSA) is 81.7 Å². The minimum absolute atomic E-state index is 0.0403. The number of rotatable bonds is 7. The lowest BCUT2D eigenvalue weighted by molar-refractivity contribution is 0.0993. The van der Waals surface area contributed by atoms with Gasteiger partial charge >= 0.3 is 6.09 Å². The van der Waals surface area contributed by atoms with Gasteiger partial charge in [-0.25, -0.2) is 4.79 Å². The van der Waals surface area contributed by atoms with E-state index in [0.717, 1.165) is 0 Å². The van der Waals surface area contributed by atoms with Gasteiger partial charge in [-0.15, -0.1) is 0 Å². The van der Waals surface area contributed by atoms with Crippen molar-refractivity contribution < 1.29 is 14.7 Å². The Morgan fingerprint density at radius 3 is 2.36 bits per heavy atom. The average molecular weight is 322 g/mol. The highest BCUT2D eigenvalue weighted by molar-refractivity contribution is 7.80. The molecule has 0 fully saturated rings. The number of hydrogen-bond donors (Lipinski definition) is 3. The first-order valence-electron chi connectivity index (χ1n) is 6.96. The average Bonchev–Trinajstić information content (AvgIpc) is 2.48. The highest BCUT2D eigenvalue weighted by Crippen LogP contribution is 2.08. The molecule has 0 saturated heterocycles. The second-order valence-corrected chi connectivity index (χ2v) is 4.87. The lowest BCUT2D eigenvalue weighted by atomic mass is 10.1. The molecule has 7 heteroatoms. The van der Waals surface area contributed by atoms with Crippen molar-refractivity contribution in [2.75, 3.05) is 13.1 Å². The van der Waals surface area contributed by atoms with Gasteiger partial charge in [0.15, 0.2) is 10.9 Å². The van der Waals surface area contributed by atoms with E-state index in [1.165, 1.54) is 6.42 Å². The molecule has 1 aromatic carbocycles. The second kappa shape index (κ2) is 9.11. The predicted octanol–water partition coefficient (Wildman–Crippen LogP) is 1.88. The molecule has 6 nitrogen and oxygen atoms in total. The van der Waals surface area contributed by atoms with Crippen LogP contribution in [0.2, 0.25) is 0 Å². The summed E-state index contributed by atoms with van der Waals surface area (Å²) >= 11 is 4.93. The smallest absolute Gasteiger partial charge is 0.410 e. The number of ketones is 1. The maximum atomic E-state index is 12.3. The molecule has 1 radical (unpaired) electrons. The van der Waals surface area contributed by atoms with Gasteiger partial charge < -0.3 is 10.4 Å². The summed E-state index contributed by atoms with van der Waals surface area (Å²) in [5.74, 6) is -0.150. The first-order chi connectivity index (χ1) is 10.5. The molecule has 22 heavy (non-hydrogen) atoms. The van der Waals surface area contributed by atoms with E-state index in [-0.39, 0.29) is 10.9 Å². The number of thiocarbonyl (C=S) groups is 1. The maximum Gasteiger partial charge on any atom is 0.410 e. The van der Waals surface area contributed by atoms with Crippen LogP contribution in [0.3, 0.4) is 0 Å². The lowest BCUT2D eigenvalue weighted by Gasteiger charge is -2.30. The summed E-state index contributed by atoms with van der Waals surface area (Å²) in [7, 11) is 0. The van der Waals surface area contributed by atoms with Crippen molar-refractivity contribution in [2.45, 2.75) is 20.0 Å². The summed E-state index contributed by atoms with van der Waals surface area (Å²) in [6.45, 7) is 5.27. The molecule has 0 spiro atoms. The van der Waals surface area contributed by atoms with Gasteiger partial charge in [-0.3, -0.25) is 15.0 Å². The van der Waals surface area contributed by atoms with Crippen molar-refractivity contribution in [3.63, 3.8) is 0 Å². The number of benzene rings is 1. The Balaban J connectivity index is 2.79. The third kappa shape index (κ3) is 5.79. The van der Waals surface area contributed by atoms with Crippen LogP contribution in [0.1, 0.15) is 24.2 Å². The molecule has 0 bridgehead atoms. The standard InChI is InChI=1S/C15H20N3O3S/c1-3-18(4-2)13(16-14(22)17-15(20)21)10-12(19)11-8-6-5-7-9-11/h5-10,13H,3-4H2,1-2H3,(H,20,21)(H2,16,17,22). The number of Topliss-reactive ketones (excluding diaryl/α,β-unsaturated/α-hetero) is 1. The van der Waals surface area contributed by atoms with Crippen LogP contribution in [0.25, 0.3) is 0 Å². The van der Waals surface area contributed by atoms with E-state index in [4.69, 9.17) is 17.3 Å². The number of carbonyl (C=O) groups is 2. The Kier molecular flexibility index (Phi) is 7.48. The SMILES string of the molecule is CCN(CC)C([CH]C(=O)c1ccccc1)NC(=S)NC(=O)O. The molecule has 1 atom stereocenters. The molecule has 119 valence electrons. The van der Waals surface area contributed by atoms with Crippen molar-refractivity contribution in [3.8, 4) is 0 Å². The van der Waals surface area contributed by atoms with Gasteiger partial charge in [0.25, 0.3) is 0 Å². The minimum atomic E-state index is -1.25. The Morgan fingerprint density at radius 2 is 1.86 bits per heavy atom. The van der Waals surface area contributed by atoms with Crippen molar-refractivity contribution in [3.05, 3.63) is 42.3 Å². The molecule has 1 aromatic rings. The number of nitrogens with one attached hydrogen (secondary N) is 2. The van der Waals surface area contributed by atoms with E-state index in [0.29, 0.717) is 18.7 Å². The number of carboxylic acid groups (broad SMARTS) is 1. The van der Waals surface area contributed by atoms with Crippen LogP contribution in [0, 0.1) is 6.42 Å². The third-order valence-electron chi connectivity index (χ3n) is 3.07. The summed E-state index contributed by atoms with van der Waals surface area (Å²) in [5, 5.41) is 13.5. The summed E-state index contributed by atoms with van der Waals surface area (Å²) < 4.78 is 0. The van der Waals surface area contributed by atoms with Crippen LogP contribution in [0.4, 0.5) is 4.79 Å². The van der Waals surface area contributed by atoms with Gasteiger partial charge in [0.2, 0.25) is 0 Å². The van der Waals surface area contributed by atoms with E-state index in [1.807, 2.05) is 24.8 Å². The van der Waals surface area contributed by atoms with Gasteiger partial charge in [0.1, 0.15) is 0 Å². The van der Waals surface area contributed by atoms with E-state index >= 15 is 0 Å². The largest absolute Gasteiger partial charge is 0.465 e. The predicted molar refractivity (Wildman–Crippen MR) is 88.7 cm³/mol. The molecule has 0 aliphatic rings. The van der Waals surface area contributed by atoms with Gasteiger partial charge in [-0.05, 0) is 25.3 Å². The quantitative estimate of drug-likeness (QED) is 0.404. The van der Waals surface area contributed by atoms with Crippen molar-refractivity contribution >= 4 is 29.2 Å². The fourth-order valence-electron chi connectivity index (χ4n) is 1.96. The van der Waals surface area contributed by atoms with Crippen LogP contribution in [0.15, 0.2) is 30.3 Å². The molecule has 0 aliphatic heterocycles. The van der Waals surface area contributed by atoms with Crippen molar-refractivity contribution in [1.82, 2.24) is 15.5 Å². The Hall–Kier alpha value is -1.99. The summed E-state index contributed by atoms with van der Waals surface area (Å²) in [4.78, 5) is 24.9. The lowest BCUT2D eigenvalue weighted by Crippen LogP contribution is -2.53. The normalized spacial score (nSPS) is 11.8. The van der Waals surface area contributed by atoms with E-state index in [9.17, 15) is 9.59 Å². The second-order valence-electron chi connectivity index (χ2n) is 4.47. The fraction of sp³-hybridized carbons (Fsp3) is 0.333. The summed E-state index contributed by atoms with van der Waals surface area (Å²) in [6.07, 6.45) is -0.231. The van der Waals surface area contributed by atoms with E-state index < -0.39 is 12.3 Å². The van der Waals surface area contributed by atoms with Crippen LogP contribution in [0.5, 0.6) is 0 Å². The minimum Gasteiger partial charge on any atom is -0.465 e. The first-order valence-corrected chi connectivity index (χ1v) is 7.37. The number of carbonyl (C=O) groups excluding carboxylic acids is 1. The highest BCUT2D eigenvalue weighted by Gasteiger charge is 2.21. The molecule has 0 aliphatic carbocycles. The van der Waals surface area contributed by atoms with Gasteiger partial charge in [-0.1, -0.05) is 44.2 Å². The monoisotopic (exact) mass is 322 g/mol. The Labute approximate surface area is 135 Å². The molecule has 0 saturated carbocycles. The number of nitrogens with zero attached hydrogens (tertiary/aromatic N) is 1. The van der Waals surface area contributed by atoms with E-state index in [1.54, 1.807) is 24.3 Å². The highest BCUT2D eigenvalue weighted by atomic mass is 32.1.